The maximum Gasteiger partial charge on any atom is 0.0271 e. The molecule has 4 heteroatoms. The van der Waals surface area contributed by atoms with Gasteiger partial charge in [0.05, 0.1) is 0 Å². The summed E-state index contributed by atoms with van der Waals surface area (Å²) in [6, 6.07) is 12.9. The minimum Gasteiger partial charge on any atom is -0.300 e. The first-order valence-corrected chi connectivity index (χ1v) is 8.67. The van der Waals surface area contributed by atoms with Crippen LogP contribution in [0.3, 0.4) is 0 Å². The molecule has 0 bridgehead atoms. The Hall–Kier alpha value is -1.23. The third-order valence-electron chi connectivity index (χ3n) is 4.25. The zero-order valence-corrected chi connectivity index (χ0v) is 14.4. The van der Waals surface area contributed by atoms with Crippen molar-refractivity contribution in [2.24, 2.45) is 0 Å². The van der Waals surface area contributed by atoms with Crippen LogP contribution in [0.4, 0.5) is 0 Å². The Kier molecular flexibility index (Phi) is 5.59. The molecule has 3 nitrogen and oxygen atoms in total. The van der Waals surface area contributed by atoms with E-state index in [0.29, 0.717) is 0 Å². The maximum absolute atomic E-state index is 4.08. The van der Waals surface area contributed by atoms with Crippen LogP contribution in [0.2, 0.25) is 0 Å². The first-order valence-electron chi connectivity index (χ1n) is 7.88. The van der Waals surface area contributed by atoms with Gasteiger partial charge in [-0.15, -0.1) is 0 Å². The van der Waals surface area contributed by atoms with E-state index in [4.69, 9.17) is 0 Å². The van der Waals surface area contributed by atoms with Crippen molar-refractivity contribution in [3.63, 3.8) is 0 Å². The van der Waals surface area contributed by atoms with Crippen molar-refractivity contribution in [1.82, 2.24) is 14.8 Å². The van der Waals surface area contributed by atoms with Crippen LogP contribution >= 0.6 is 15.9 Å². The molecule has 2 aromatic rings. The molecule has 0 saturated carbocycles. The number of rotatable bonds is 5. The van der Waals surface area contributed by atoms with Gasteiger partial charge >= 0.3 is 0 Å². The summed E-state index contributed by atoms with van der Waals surface area (Å²) in [5.41, 5.74) is 2.78. The predicted molar refractivity (Wildman–Crippen MR) is 93.8 cm³/mol. The van der Waals surface area contributed by atoms with E-state index in [1.165, 1.54) is 24.2 Å². The number of pyridine rings is 1. The van der Waals surface area contributed by atoms with Crippen molar-refractivity contribution in [3.05, 3.63) is 64.4 Å². The summed E-state index contributed by atoms with van der Waals surface area (Å²) in [6.45, 7) is 6.85. The zero-order valence-electron chi connectivity index (χ0n) is 12.8. The summed E-state index contributed by atoms with van der Waals surface area (Å²) in [7, 11) is 0. The Morgan fingerprint density at radius 3 is 2.14 bits per heavy atom. The van der Waals surface area contributed by atoms with E-state index in [1.807, 2.05) is 12.4 Å². The SMILES string of the molecule is Brc1ccc(CCN2CCN(Cc3ccncc3)CC2)cc1. The predicted octanol–water partition coefficient (Wildman–Crippen LogP) is 3.20. The lowest BCUT2D eigenvalue weighted by atomic mass is 10.1. The number of nitrogens with zero attached hydrogens (tertiary/aromatic N) is 3. The fraction of sp³-hybridized carbons (Fsp3) is 0.389. The number of hydrogen-bond donors (Lipinski definition) is 0. The standard InChI is InChI=1S/C18H22BrN3/c19-18-3-1-16(2-4-18)7-10-21-11-13-22(14-12-21)15-17-5-8-20-9-6-17/h1-6,8-9H,7,10-15H2. The van der Waals surface area contributed by atoms with Crippen molar-refractivity contribution in [2.45, 2.75) is 13.0 Å². The third kappa shape index (κ3) is 4.63. The molecule has 3 rings (SSSR count). The molecule has 2 heterocycles. The molecular formula is C18H22BrN3. The summed E-state index contributed by atoms with van der Waals surface area (Å²) >= 11 is 3.49. The van der Waals surface area contributed by atoms with E-state index in [9.17, 15) is 0 Å². The van der Waals surface area contributed by atoms with Gasteiger partial charge in [-0.2, -0.15) is 0 Å². The molecule has 0 unspecified atom stereocenters. The molecule has 1 aliphatic heterocycles. The Bertz CT molecular complexity index is 563. The van der Waals surface area contributed by atoms with E-state index in [-0.39, 0.29) is 0 Å². The molecule has 22 heavy (non-hydrogen) atoms. The minimum atomic E-state index is 1.04. The van der Waals surface area contributed by atoms with Crippen LogP contribution in [0.15, 0.2) is 53.3 Å². The number of piperazine rings is 1. The van der Waals surface area contributed by atoms with Crippen LogP contribution in [0.5, 0.6) is 0 Å². The fourth-order valence-corrected chi connectivity index (χ4v) is 3.12. The molecule has 0 atom stereocenters. The topological polar surface area (TPSA) is 19.4 Å². The van der Waals surface area contributed by atoms with Crippen molar-refractivity contribution in [1.29, 1.82) is 0 Å². The molecule has 1 saturated heterocycles. The van der Waals surface area contributed by atoms with Gasteiger partial charge in [-0.3, -0.25) is 9.88 Å². The highest BCUT2D eigenvalue weighted by Gasteiger charge is 2.16. The number of halogens is 1. The second kappa shape index (κ2) is 7.86. The Balaban J connectivity index is 1.41. The quantitative estimate of drug-likeness (QED) is 0.816. The van der Waals surface area contributed by atoms with Crippen molar-refractivity contribution < 1.29 is 0 Å². The first-order chi connectivity index (χ1) is 10.8. The van der Waals surface area contributed by atoms with Gasteiger partial charge in [-0.05, 0) is 41.8 Å². The van der Waals surface area contributed by atoms with Gasteiger partial charge < -0.3 is 4.90 Å². The Labute approximate surface area is 141 Å². The Morgan fingerprint density at radius 2 is 1.45 bits per heavy atom. The molecule has 0 N–H and O–H groups in total. The number of hydrogen-bond acceptors (Lipinski definition) is 3. The molecule has 1 aliphatic rings. The van der Waals surface area contributed by atoms with E-state index in [1.54, 1.807) is 0 Å². The molecule has 0 radical (unpaired) electrons. The van der Waals surface area contributed by atoms with Crippen molar-refractivity contribution in [3.8, 4) is 0 Å². The molecule has 116 valence electrons. The highest BCUT2D eigenvalue weighted by Crippen LogP contribution is 2.12. The normalized spacial score (nSPS) is 16.8. The van der Waals surface area contributed by atoms with Gasteiger partial charge in [0.2, 0.25) is 0 Å². The summed E-state index contributed by atoms with van der Waals surface area (Å²) in [5.74, 6) is 0. The minimum absolute atomic E-state index is 1.04. The lowest BCUT2D eigenvalue weighted by Gasteiger charge is -2.34. The highest BCUT2D eigenvalue weighted by atomic mass is 79.9. The summed E-state index contributed by atoms with van der Waals surface area (Å²) < 4.78 is 1.15. The largest absolute Gasteiger partial charge is 0.300 e. The fourth-order valence-electron chi connectivity index (χ4n) is 2.86. The van der Waals surface area contributed by atoms with Gasteiger partial charge in [-0.1, -0.05) is 28.1 Å². The van der Waals surface area contributed by atoms with E-state index >= 15 is 0 Å². The summed E-state index contributed by atoms with van der Waals surface area (Å²) in [4.78, 5) is 9.19. The number of benzene rings is 1. The van der Waals surface area contributed by atoms with Crippen molar-refractivity contribution >= 4 is 15.9 Å². The first kappa shape index (κ1) is 15.7. The summed E-state index contributed by atoms with van der Waals surface area (Å²) in [5, 5.41) is 0. The second-order valence-corrected chi connectivity index (χ2v) is 6.77. The van der Waals surface area contributed by atoms with E-state index in [2.05, 4.69) is 67.1 Å². The Morgan fingerprint density at radius 1 is 0.818 bits per heavy atom. The molecule has 0 amide bonds. The van der Waals surface area contributed by atoms with Gasteiger partial charge in [0.25, 0.3) is 0 Å². The van der Waals surface area contributed by atoms with E-state index in [0.717, 1.165) is 37.1 Å². The van der Waals surface area contributed by atoms with Crippen LogP contribution in [-0.4, -0.2) is 47.5 Å². The molecular weight excluding hydrogens is 338 g/mol. The zero-order chi connectivity index (χ0) is 15.2. The van der Waals surface area contributed by atoms with Gasteiger partial charge in [-0.25, -0.2) is 0 Å². The highest BCUT2D eigenvalue weighted by molar-refractivity contribution is 9.10. The third-order valence-corrected chi connectivity index (χ3v) is 4.78. The van der Waals surface area contributed by atoms with Crippen LogP contribution in [0.1, 0.15) is 11.1 Å². The molecule has 1 fully saturated rings. The molecule has 1 aromatic heterocycles. The molecule has 0 aliphatic carbocycles. The lowest BCUT2D eigenvalue weighted by Crippen LogP contribution is -2.46. The maximum atomic E-state index is 4.08. The molecule has 1 aromatic carbocycles. The average molecular weight is 360 g/mol. The van der Waals surface area contributed by atoms with Crippen LogP contribution in [-0.2, 0) is 13.0 Å². The van der Waals surface area contributed by atoms with Gasteiger partial charge in [0.1, 0.15) is 0 Å². The number of aromatic nitrogens is 1. The van der Waals surface area contributed by atoms with Crippen LogP contribution < -0.4 is 0 Å². The molecule has 0 spiro atoms. The van der Waals surface area contributed by atoms with E-state index < -0.39 is 0 Å². The van der Waals surface area contributed by atoms with Gasteiger partial charge in [0, 0.05) is 56.1 Å². The monoisotopic (exact) mass is 359 g/mol. The lowest BCUT2D eigenvalue weighted by molar-refractivity contribution is 0.128. The van der Waals surface area contributed by atoms with Crippen LogP contribution in [0, 0.1) is 0 Å². The average Bonchev–Trinajstić information content (AvgIpc) is 2.57. The second-order valence-electron chi connectivity index (χ2n) is 5.85. The smallest absolute Gasteiger partial charge is 0.0271 e. The summed E-state index contributed by atoms with van der Waals surface area (Å²) in [6.07, 6.45) is 4.89. The van der Waals surface area contributed by atoms with Crippen LogP contribution in [0.25, 0.3) is 0 Å². The van der Waals surface area contributed by atoms with Crippen molar-refractivity contribution in [2.75, 3.05) is 32.7 Å². The van der Waals surface area contributed by atoms with Gasteiger partial charge in [0.15, 0.2) is 0 Å².